The molecule has 1 N–H and O–H groups in total. The smallest absolute Gasteiger partial charge is 0.329 e. The van der Waals surface area contributed by atoms with E-state index >= 15 is 0 Å². The number of rotatable bonds is 5. The molecule has 1 aromatic rings. The summed E-state index contributed by atoms with van der Waals surface area (Å²) in [4.78, 5) is 10.0. The number of hydrogen-bond acceptors (Lipinski definition) is 3. The van der Waals surface area contributed by atoms with E-state index in [1.54, 1.807) is 11.3 Å². The Bertz CT molecular complexity index is 230. The Balaban J connectivity index is 2.07. The van der Waals surface area contributed by atoms with E-state index in [1.165, 1.54) is 5.56 Å². The van der Waals surface area contributed by atoms with Crippen molar-refractivity contribution in [2.24, 2.45) is 0 Å². The molecule has 12 heavy (non-hydrogen) atoms. The maximum Gasteiger partial charge on any atom is 0.329 e. The molecule has 0 saturated carbocycles. The van der Waals surface area contributed by atoms with Crippen LogP contribution in [0.2, 0.25) is 0 Å². The monoisotopic (exact) mass is 186 g/mol. The largest absolute Gasteiger partial charge is 0.480 e. The van der Waals surface area contributed by atoms with Crippen LogP contribution in [0.25, 0.3) is 0 Å². The molecule has 0 aromatic carbocycles. The summed E-state index contributed by atoms with van der Waals surface area (Å²) in [5, 5.41) is 12.3. The topological polar surface area (TPSA) is 46.5 Å². The fraction of sp³-hybridized carbons (Fsp3) is 0.375. The molecule has 1 rings (SSSR count). The van der Waals surface area contributed by atoms with Gasteiger partial charge >= 0.3 is 5.97 Å². The summed E-state index contributed by atoms with van der Waals surface area (Å²) >= 11 is 1.63. The van der Waals surface area contributed by atoms with Gasteiger partial charge in [0, 0.05) is 0 Å². The van der Waals surface area contributed by atoms with Gasteiger partial charge in [0.25, 0.3) is 0 Å². The standard InChI is InChI=1S/C8H10O3S/c9-8(10)5-11-3-1-7-2-4-12-6-7/h2,4,6H,1,3,5H2,(H,9,10). The number of carboxylic acid groups (broad SMARTS) is 1. The first-order chi connectivity index (χ1) is 5.79. The van der Waals surface area contributed by atoms with E-state index in [-0.39, 0.29) is 6.61 Å². The van der Waals surface area contributed by atoms with Gasteiger partial charge in [0.15, 0.2) is 0 Å². The zero-order chi connectivity index (χ0) is 8.81. The van der Waals surface area contributed by atoms with E-state index in [9.17, 15) is 4.79 Å². The maximum absolute atomic E-state index is 10.0. The molecule has 0 spiro atoms. The zero-order valence-electron chi connectivity index (χ0n) is 6.53. The second-order valence-electron chi connectivity index (χ2n) is 2.33. The first kappa shape index (κ1) is 9.22. The second-order valence-corrected chi connectivity index (χ2v) is 3.11. The van der Waals surface area contributed by atoms with Gasteiger partial charge in [0.1, 0.15) is 6.61 Å². The molecular formula is C8H10O3S. The lowest BCUT2D eigenvalue weighted by Gasteiger charge is -1.98. The fourth-order valence-corrected chi connectivity index (χ4v) is 1.49. The highest BCUT2D eigenvalue weighted by Gasteiger charge is 1.96. The van der Waals surface area contributed by atoms with Gasteiger partial charge in [-0.25, -0.2) is 4.79 Å². The van der Waals surface area contributed by atoms with Crippen LogP contribution in [0.15, 0.2) is 16.8 Å². The number of aliphatic carboxylic acids is 1. The molecule has 0 fully saturated rings. The van der Waals surface area contributed by atoms with Gasteiger partial charge in [-0.05, 0) is 28.8 Å². The summed E-state index contributed by atoms with van der Waals surface area (Å²) in [6, 6.07) is 2.01. The van der Waals surface area contributed by atoms with Crippen molar-refractivity contribution in [1.82, 2.24) is 0 Å². The Labute approximate surface area is 74.6 Å². The molecule has 0 aliphatic carbocycles. The van der Waals surface area contributed by atoms with Crippen LogP contribution in [0.3, 0.4) is 0 Å². The minimum atomic E-state index is -0.916. The van der Waals surface area contributed by atoms with Gasteiger partial charge < -0.3 is 9.84 Å². The predicted octanol–water partition coefficient (Wildman–Crippen LogP) is 1.39. The van der Waals surface area contributed by atoms with Crippen molar-refractivity contribution in [2.75, 3.05) is 13.2 Å². The average molecular weight is 186 g/mol. The first-order valence-corrected chi connectivity index (χ1v) is 4.54. The lowest BCUT2D eigenvalue weighted by Crippen LogP contribution is -2.08. The van der Waals surface area contributed by atoms with Crippen LogP contribution in [-0.2, 0) is 16.0 Å². The molecule has 3 nitrogen and oxygen atoms in total. The molecule has 0 radical (unpaired) electrons. The predicted molar refractivity (Wildman–Crippen MR) is 46.5 cm³/mol. The molecule has 0 amide bonds. The second kappa shape index (κ2) is 4.90. The van der Waals surface area contributed by atoms with Crippen LogP contribution in [0.1, 0.15) is 5.56 Å². The van der Waals surface area contributed by atoms with Crippen LogP contribution >= 0.6 is 11.3 Å². The summed E-state index contributed by atoms with van der Waals surface area (Å²) < 4.78 is 4.87. The highest BCUT2D eigenvalue weighted by atomic mass is 32.1. The molecule has 1 aromatic heterocycles. The SMILES string of the molecule is O=C(O)COCCc1ccsc1. The summed E-state index contributed by atoms with van der Waals surface area (Å²) in [5.41, 5.74) is 1.20. The first-order valence-electron chi connectivity index (χ1n) is 3.59. The molecule has 0 saturated heterocycles. The van der Waals surface area contributed by atoms with Gasteiger partial charge in [-0.3, -0.25) is 0 Å². The van der Waals surface area contributed by atoms with Crippen LogP contribution in [0.5, 0.6) is 0 Å². The quantitative estimate of drug-likeness (QED) is 0.707. The number of hydrogen-bond donors (Lipinski definition) is 1. The van der Waals surface area contributed by atoms with Crippen LogP contribution in [0, 0.1) is 0 Å². The maximum atomic E-state index is 10.0. The van der Waals surface area contributed by atoms with E-state index < -0.39 is 5.97 Å². The molecule has 0 atom stereocenters. The van der Waals surface area contributed by atoms with Crippen molar-refractivity contribution in [3.8, 4) is 0 Å². The van der Waals surface area contributed by atoms with Crippen molar-refractivity contribution in [3.63, 3.8) is 0 Å². The third kappa shape index (κ3) is 3.50. The van der Waals surface area contributed by atoms with E-state index in [1.807, 2.05) is 16.8 Å². The molecule has 66 valence electrons. The normalized spacial score (nSPS) is 10.0. The Hall–Kier alpha value is -0.870. The van der Waals surface area contributed by atoms with E-state index in [0.29, 0.717) is 6.61 Å². The number of carbonyl (C=O) groups is 1. The highest BCUT2D eigenvalue weighted by Crippen LogP contribution is 2.06. The Morgan fingerprint density at radius 1 is 1.67 bits per heavy atom. The summed E-state index contributed by atoms with van der Waals surface area (Å²) in [7, 11) is 0. The third-order valence-electron chi connectivity index (χ3n) is 1.34. The van der Waals surface area contributed by atoms with Gasteiger partial charge in [-0.2, -0.15) is 11.3 Å². The average Bonchev–Trinajstić information content (AvgIpc) is 2.49. The van der Waals surface area contributed by atoms with Crippen molar-refractivity contribution in [1.29, 1.82) is 0 Å². The minimum absolute atomic E-state index is 0.204. The highest BCUT2D eigenvalue weighted by molar-refractivity contribution is 7.07. The van der Waals surface area contributed by atoms with Crippen molar-refractivity contribution >= 4 is 17.3 Å². The molecule has 0 unspecified atom stereocenters. The molecular weight excluding hydrogens is 176 g/mol. The number of thiophene rings is 1. The van der Waals surface area contributed by atoms with Gasteiger partial charge in [-0.15, -0.1) is 0 Å². The van der Waals surface area contributed by atoms with E-state index in [0.717, 1.165) is 6.42 Å². The van der Waals surface area contributed by atoms with Crippen LogP contribution < -0.4 is 0 Å². The fourth-order valence-electron chi connectivity index (χ4n) is 0.784. The van der Waals surface area contributed by atoms with E-state index in [2.05, 4.69) is 0 Å². The Morgan fingerprint density at radius 3 is 3.08 bits per heavy atom. The number of ether oxygens (including phenoxy) is 1. The molecule has 0 bridgehead atoms. The number of carboxylic acids is 1. The van der Waals surface area contributed by atoms with Crippen molar-refractivity contribution in [3.05, 3.63) is 22.4 Å². The van der Waals surface area contributed by atoms with Gasteiger partial charge in [0.2, 0.25) is 0 Å². The van der Waals surface area contributed by atoms with Gasteiger partial charge in [0.05, 0.1) is 6.61 Å². The van der Waals surface area contributed by atoms with Gasteiger partial charge in [-0.1, -0.05) is 0 Å². The molecule has 0 aliphatic heterocycles. The molecule has 4 heteroatoms. The van der Waals surface area contributed by atoms with Crippen molar-refractivity contribution in [2.45, 2.75) is 6.42 Å². The Morgan fingerprint density at radius 2 is 2.50 bits per heavy atom. The van der Waals surface area contributed by atoms with Crippen LogP contribution in [0.4, 0.5) is 0 Å². The third-order valence-corrected chi connectivity index (χ3v) is 2.07. The van der Waals surface area contributed by atoms with Crippen molar-refractivity contribution < 1.29 is 14.6 Å². The Kier molecular flexibility index (Phi) is 3.76. The lowest BCUT2D eigenvalue weighted by atomic mass is 10.3. The summed E-state index contributed by atoms with van der Waals surface area (Å²) in [6.07, 6.45) is 0.788. The summed E-state index contributed by atoms with van der Waals surface area (Å²) in [5.74, 6) is -0.916. The van der Waals surface area contributed by atoms with Crippen LogP contribution in [-0.4, -0.2) is 24.3 Å². The summed E-state index contributed by atoms with van der Waals surface area (Å²) in [6.45, 7) is 0.271. The molecule has 1 heterocycles. The zero-order valence-corrected chi connectivity index (χ0v) is 7.34. The lowest BCUT2D eigenvalue weighted by molar-refractivity contribution is -0.142. The van der Waals surface area contributed by atoms with E-state index in [4.69, 9.17) is 9.84 Å². The minimum Gasteiger partial charge on any atom is -0.480 e. The molecule has 0 aliphatic rings.